The van der Waals surface area contributed by atoms with Crippen LogP contribution in [0.4, 0.5) is 10.5 Å². The fourth-order valence-electron chi connectivity index (χ4n) is 2.71. The number of rotatable bonds is 4. The minimum absolute atomic E-state index is 0.239. The SMILES string of the molecule is COCC(C)Nc1ccc2c(c1)CN(C(=O)OC(C)(C)C)CC2. The average Bonchev–Trinajstić information content (AvgIpc) is 2.45. The number of carbonyl (C=O) groups is 1. The summed E-state index contributed by atoms with van der Waals surface area (Å²) in [5.41, 5.74) is 3.07. The summed E-state index contributed by atoms with van der Waals surface area (Å²) in [6.45, 7) is 9.70. The zero-order valence-corrected chi connectivity index (χ0v) is 14.8. The van der Waals surface area contributed by atoms with E-state index in [2.05, 4.69) is 30.4 Å². The van der Waals surface area contributed by atoms with Gasteiger partial charge in [0.05, 0.1) is 6.61 Å². The summed E-state index contributed by atoms with van der Waals surface area (Å²) in [4.78, 5) is 14.0. The summed E-state index contributed by atoms with van der Waals surface area (Å²) in [6, 6.07) is 6.60. The molecule has 0 aromatic heterocycles. The number of anilines is 1. The van der Waals surface area contributed by atoms with Crippen molar-refractivity contribution in [3.05, 3.63) is 29.3 Å². The van der Waals surface area contributed by atoms with Crippen LogP contribution in [0.15, 0.2) is 18.2 Å². The molecular weight excluding hydrogens is 292 g/mol. The number of carbonyl (C=O) groups excluding carboxylic acids is 1. The fraction of sp³-hybridized carbons (Fsp3) is 0.611. The van der Waals surface area contributed by atoms with Gasteiger partial charge in [0.1, 0.15) is 5.60 Å². The first-order valence-corrected chi connectivity index (χ1v) is 8.13. The maximum Gasteiger partial charge on any atom is 0.410 e. The largest absolute Gasteiger partial charge is 0.444 e. The van der Waals surface area contributed by atoms with E-state index in [0.717, 1.165) is 12.1 Å². The predicted molar refractivity (Wildman–Crippen MR) is 91.8 cm³/mol. The van der Waals surface area contributed by atoms with E-state index < -0.39 is 5.60 Å². The summed E-state index contributed by atoms with van der Waals surface area (Å²) in [5, 5.41) is 3.42. The second-order valence-corrected chi connectivity index (χ2v) is 7.14. The van der Waals surface area contributed by atoms with E-state index in [1.54, 1.807) is 12.0 Å². The van der Waals surface area contributed by atoms with Crippen LogP contribution >= 0.6 is 0 Å². The molecule has 23 heavy (non-hydrogen) atoms. The van der Waals surface area contributed by atoms with Crippen molar-refractivity contribution in [2.24, 2.45) is 0 Å². The number of fused-ring (bicyclic) bond motifs is 1. The summed E-state index contributed by atoms with van der Waals surface area (Å²) in [5.74, 6) is 0. The first-order valence-electron chi connectivity index (χ1n) is 8.13. The second-order valence-electron chi connectivity index (χ2n) is 7.14. The van der Waals surface area contributed by atoms with Crippen LogP contribution in [0.2, 0.25) is 0 Å². The van der Waals surface area contributed by atoms with E-state index in [4.69, 9.17) is 9.47 Å². The molecular formula is C18H28N2O3. The molecule has 1 aliphatic rings. The van der Waals surface area contributed by atoms with Gasteiger partial charge in [-0.1, -0.05) is 6.07 Å². The number of nitrogens with one attached hydrogen (secondary N) is 1. The zero-order valence-electron chi connectivity index (χ0n) is 14.8. The van der Waals surface area contributed by atoms with Crippen molar-refractivity contribution < 1.29 is 14.3 Å². The lowest BCUT2D eigenvalue weighted by Crippen LogP contribution is -2.39. The molecule has 1 atom stereocenters. The molecule has 2 rings (SSSR count). The van der Waals surface area contributed by atoms with Crippen LogP contribution in [0.25, 0.3) is 0 Å². The molecule has 1 heterocycles. The second kappa shape index (κ2) is 7.21. The number of benzene rings is 1. The Labute approximate surface area is 139 Å². The quantitative estimate of drug-likeness (QED) is 0.923. The highest BCUT2D eigenvalue weighted by Crippen LogP contribution is 2.24. The van der Waals surface area contributed by atoms with Gasteiger partial charge in [-0.15, -0.1) is 0 Å². The third-order valence-corrected chi connectivity index (χ3v) is 3.70. The standard InChI is InChI=1S/C18H28N2O3/c1-13(12-22-5)19-16-7-6-14-8-9-20(11-15(14)10-16)17(21)23-18(2,3)4/h6-7,10,13,19H,8-9,11-12H2,1-5H3. The van der Waals surface area contributed by atoms with Gasteiger partial charge in [-0.25, -0.2) is 4.79 Å². The number of ether oxygens (including phenoxy) is 2. The van der Waals surface area contributed by atoms with E-state index >= 15 is 0 Å². The molecule has 0 saturated heterocycles. The van der Waals surface area contributed by atoms with Gasteiger partial charge in [-0.05, 0) is 57.4 Å². The Kier molecular flexibility index (Phi) is 5.52. The van der Waals surface area contributed by atoms with Gasteiger partial charge < -0.3 is 19.7 Å². The molecule has 128 valence electrons. The van der Waals surface area contributed by atoms with Crippen molar-refractivity contribution in [2.75, 3.05) is 25.6 Å². The molecule has 5 nitrogen and oxygen atoms in total. The summed E-state index contributed by atoms with van der Waals surface area (Å²) < 4.78 is 10.6. The van der Waals surface area contributed by atoms with Crippen molar-refractivity contribution in [1.82, 2.24) is 4.90 Å². The van der Waals surface area contributed by atoms with Crippen LogP contribution in [-0.4, -0.2) is 42.9 Å². The molecule has 0 spiro atoms. The van der Waals surface area contributed by atoms with Crippen molar-refractivity contribution in [2.45, 2.75) is 52.3 Å². The van der Waals surface area contributed by atoms with Gasteiger partial charge in [0.25, 0.3) is 0 Å². The minimum atomic E-state index is -0.462. The summed E-state index contributed by atoms with van der Waals surface area (Å²) >= 11 is 0. The molecule has 1 aromatic rings. The lowest BCUT2D eigenvalue weighted by Gasteiger charge is -2.31. The van der Waals surface area contributed by atoms with Crippen molar-refractivity contribution >= 4 is 11.8 Å². The van der Waals surface area contributed by atoms with Crippen LogP contribution in [-0.2, 0) is 22.4 Å². The Balaban J connectivity index is 2.05. The average molecular weight is 320 g/mol. The highest BCUT2D eigenvalue weighted by atomic mass is 16.6. The van der Waals surface area contributed by atoms with E-state index in [1.165, 1.54) is 11.1 Å². The summed E-state index contributed by atoms with van der Waals surface area (Å²) in [7, 11) is 1.70. The van der Waals surface area contributed by atoms with E-state index in [0.29, 0.717) is 19.7 Å². The van der Waals surface area contributed by atoms with Crippen LogP contribution < -0.4 is 5.32 Å². The number of methoxy groups -OCH3 is 1. The molecule has 1 N–H and O–H groups in total. The van der Waals surface area contributed by atoms with E-state index in [-0.39, 0.29) is 12.1 Å². The van der Waals surface area contributed by atoms with Crippen LogP contribution in [0.5, 0.6) is 0 Å². The van der Waals surface area contributed by atoms with E-state index in [1.807, 2.05) is 20.8 Å². The highest BCUT2D eigenvalue weighted by Gasteiger charge is 2.25. The smallest absolute Gasteiger partial charge is 0.410 e. The lowest BCUT2D eigenvalue weighted by molar-refractivity contribution is 0.0224. The van der Waals surface area contributed by atoms with E-state index in [9.17, 15) is 4.79 Å². The zero-order chi connectivity index (χ0) is 17.0. The van der Waals surface area contributed by atoms with Crippen LogP contribution in [0.3, 0.4) is 0 Å². The topological polar surface area (TPSA) is 50.8 Å². The number of hydrogen-bond acceptors (Lipinski definition) is 4. The van der Waals surface area contributed by atoms with Gasteiger partial charge in [-0.2, -0.15) is 0 Å². The molecule has 0 fully saturated rings. The van der Waals surface area contributed by atoms with Gasteiger partial charge in [0, 0.05) is 31.9 Å². The monoisotopic (exact) mass is 320 g/mol. The maximum atomic E-state index is 12.2. The molecule has 1 amide bonds. The third kappa shape index (κ3) is 5.13. The van der Waals surface area contributed by atoms with Crippen molar-refractivity contribution in [1.29, 1.82) is 0 Å². The first-order chi connectivity index (χ1) is 10.8. The lowest BCUT2D eigenvalue weighted by atomic mass is 9.99. The number of hydrogen-bond donors (Lipinski definition) is 1. The van der Waals surface area contributed by atoms with Gasteiger partial charge in [-0.3, -0.25) is 0 Å². The van der Waals surface area contributed by atoms with Gasteiger partial charge >= 0.3 is 6.09 Å². The highest BCUT2D eigenvalue weighted by molar-refractivity contribution is 5.69. The minimum Gasteiger partial charge on any atom is -0.444 e. The fourth-order valence-corrected chi connectivity index (χ4v) is 2.71. The first kappa shape index (κ1) is 17.6. The third-order valence-electron chi connectivity index (χ3n) is 3.70. The Morgan fingerprint density at radius 3 is 2.74 bits per heavy atom. The molecule has 1 aromatic carbocycles. The molecule has 1 unspecified atom stereocenters. The van der Waals surface area contributed by atoms with Gasteiger partial charge in [0.15, 0.2) is 0 Å². The molecule has 0 radical (unpaired) electrons. The Hall–Kier alpha value is -1.75. The van der Waals surface area contributed by atoms with Crippen LogP contribution in [0.1, 0.15) is 38.8 Å². The number of amides is 1. The molecule has 5 heteroatoms. The van der Waals surface area contributed by atoms with Gasteiger partial charge in [0.2, 0.25) is 0 Å². The Morgan fingerprint density at radius 2 is 2.09 bits per heavy atom. The molecule has 1 aliphatic heterocycles. The Morgan fingerprint density at radius 1 is 1.35 bits per heavy atom. The van der Waals surface area contributed by atoms with Crippen molar-refractivity contribution in [3.63, 3.8) is 0 Å². The Bertz CT molecular complexity index is 552. The van der Waals surface area contributed by atoms with Crippen LogP contribution in [0, 0.1) is 0 Å². The molecule has 0 aliphatic carbocycles. The van der Waals surface area contributed by atoms with Crippen molar-refractivity contribution in [3.8, 4) is 0 Å². The normalized spacial score (nSPS) is 15.8. The summed E-state index contributed by atoms with van der Waals surface area (Å²) in [6.07, 6.45) is 0.622. The molecule has 0 saturated carbocycles. The number of nitrogens with zero attached hydrogens (tertiary/aromatic N) is 1. The molecule has 0 bridgehead atoms. The predicted octanol–water partition coefficient (Wildman–Crippen LogP) is 3.43. The maximum absolute atomic E-state index is 12.2.